The minimum absolute atomic E-state index is 0.0181. The van der Waals surface area contributed by atoms with Crippen LogP contribution < -0.4 is 10.6 Å². The van der Waals surface area contributed by atoms with E-state index < -0.39 is 0 Å². The van der Waals surface area contributed by atoms with Gasteiger partial charge in [0.25, 0.3) is 0 Å². The van der Waals surface area contributed by atoms with E-state index in [2.05, 4.69) is 16.7 Å². The number of hydrogen-bond donors (Lipinski definition) is 2. The summed E-state index contributed by atoms with van der Waals surface area (Å²) in [6, 6.07) is 15.3. The Morgan fingerprint density at radius 2 is 1.65 bits per heavy atom. The molecule has 2 aromatic carbocycles. The number of benzene rings is 2. The zero-order chi connectivity index (χ0) is 16.8. The van der Waals surface area contributed by atoms with Crippen LogP contribution in [0.3, 0.4) is 0 Å². The van der Waals surface area contributed by atoms with E-state index in [1.165, 1.54) is 6.92 Å². The third kappa shape index (κ3) is 4.42. The van der Waals surface area contributed by atoms with Crippen LogP contribution in [0.1, 0.15) is 41.4 Å². The van der Waals surface area contributed by atoms with Crippen LogP contribution in [-0.2, 0) is 0 Å². The van der Waals surface area contributed by atoms with Gasteiger partial charge in [-0.05, 0) is 55.8 Å². The Morgan fingerprint density at radius 1 is 1.04 bits per heavy atom. The first-order valence-electron chi connectivity index (χ1n) is 7.18. The van der Waals surface area contributed by atoms with Crippen LogP contribution in [0.5, 0.6) is 0 Å². The van der Waals surface area contributed by atoms with Gasteiger partial charge in [0.2, 0.25) is 0 Å². The summed E-state index contributed by atoms with van der Waals surface area (Å²) < 4.78 is 0. The summed E-state index contributed by atoms with van der Waals surface area (Å²) in [6.07, 6.45) is 0. The highest BCUT2D eigenvalue weighted by Crippen LogP contribution is 2.14. The number of hydrogen-bond acceptors (Lipinski definition) is 3. The van der Waals surface area contributed by atoms with Crippen LogP contribution in [0.4, 0.5) is 10.5 Å². The van der Waals surface area contributed by atoms with Gasteiger partial charge in [0.15, 0.2) is 5.78 Å². The molecule has 0 aliphatic carbocycles. The van der Waals surface area contributed by atoms with Gasteiger partial charge in [0.05, 0.1) is 17.7 Å². The van der Waals surface area contributed by atoms with Crippen molar-refractivity contribution < 1.29 is 9.59 Å². The third-order valence-corrected chi connectivity index (χ3v) is 3.44. The fourth-order valence-corrected chi connectivity index (χ4v) is 2.08. The second-order valence-electron chi connectivity index (χ2n) is 5.19. The van der Waals surface area contributed by atoms with Crippen molar-refractivity contribution in [1.29, 1.82) is 5.26 Å². The van der Waals surface area contributed by atoms with Crippen molar-refractivity contribution in [3.05, 3.63) is 65.2 Å². The lowest BCUT2D eigenvalue weighted by atomic mass is 10.1. The molecule has 2 N–H and O–H groups in total. The molecule has 2 aromatic rings. The Hall–Kier alpha value is -3.13. The number of nitrogens with one attached hydrogen (secondary N) is 2. The lowest BCUT2D eigenvalue weighted by Gasteiger charge is -2.15. The summed E-state index contributed by atoms with van der Waals surface area (Å²) >= 11 is 0. The normalized spacial score (nSPS) is 11.2. The van der Waals surface area contributed by atoms with Crippen molar-refractivity contribution in [3.63, 3.8) is 0 Å². The Balaban J connectivity index is 1.95. The molecule has 0 bridgehead atoms. The predicted octanol–water partition coefficient (Wildman–Crippen LogP) is 3.64. The van der Waals surface area contributed by atoms with Crippen molar-refractivity contribution in [2.75, 3.05) is 5.32 Å². The van der Waals surface area contributed by atoms with Crippen molar-refractivity contribution >= 4 is 17.5 Å². The first-order valence-corrected chi connectivity index (χ1v) is 7.18. The maximum atomic E-state index is 12.0. The van der Waals surface area contributed by atoms with Crippen LogP contribution in [0, 0.1) is 11.3 Å². The van der Waals surface area contributed by atoms with E-state index in [0.29, 0.717) is 16.8 Å². The topological polar surface area (TPSA) is 82.0 Å². The van der Waals surface area contributed by atoms with Gasteiger partial charge >= 0.3 is 6.03 Å². The molecule has 0 aliphatic rings. The van der Waals surface area contributed by atoms with Crippen molar-refractivity contribution in [3.8, 4) is 6.07 Å². The molecule has 0 saturated carbocycles. The summed E-state index contributed by atoms with van der Waals surface area (Å²) in [4.78, 5) is 23.2. The largest absolute Gasteiger partial charge is 0.331 e. The SMILES string of the molecule is CC(=O)c1ccc(NC(=O)NC(C)c2ccc(C#N)cc2)cc1. The Morgan fingerprint density at radius 3 is 2.17 bits per heavy atom. The average molecular weight is 307 g/mol. The molecule has 0 heterocycles. The van der Waals surface area contributed by atoms with Crippen LogP contribution in [0.25, 0.3) is 0 Å². The molecule has 5 nitrogen and oxygen atoms in total. The zero-order valence-corrected chi connectivity index (χ0v) is 13.0. The molecule has 2 rings (SSSR count). The van der Waals surface area contributed by atoms with Crippen molar-refractivity contribution in [2.24, 2.45) is 0 Å². The Labute approximate surface area is 134 Å². The van der Waals surface area contributed by atoms with Gasteiger partial charge in [-0.25, -0.2) is 4.79 Å². The monoisotopic (exact) mass is 307 g/mol. The number of rotatable bonds is 4. The maximum Gasteiger partial charge on any atom is 0.319 e. The highest BCUT2D eigenvalue weighted by molar-refractivity contribution is 5.95. The standard InChI is InChI=1S/C18H17N3O2/c1-12(15-5-3-14(11-19)4-6-15)20-18(23)21-17-9-7-16(8-10-17)13(2)22/h3-10,12H,1-2H3,(H2,20,21,23). The summed E-state index contributed by atoms with van der Waals surface area (Å²) in [5.74, 6) is -0.0181. The molecular formula is C18H17N3O2. The van der Waals surface area contributed by atoms with Gasteiger partial charge in [-0.3, -0.25) is 4.79 Å². The van der Waals surface area contributed by atoms with Gasteiger partial charge in [-0.2, -0.15) is 5.26 Å². The molecule has 1 unspecified atom stereocenters. The smallest absolute Gasteiger partial charge is 0.319 e. The second-order valence-corrected chi connectivity index (χ2v) is 5.19. The average Bonchev–Trinajstić information content (AvgIpc) is 2.55. The summed E-state index contributed by atoms with van der Waals surface area (Å²) in [5, 5.41) is 14.3. The first kappa shape index (κ1) is 16.2. The molecule has 0 spiro atoms. The lowest BCUT2D eigenvalue weighted by Crippen LogP contribution is -2.31. The fraction of sp³-hybridized carbons (Fsp3) is 0.167. The molecule has 2 amide bonds. The van der Waals surface area contributed by atoms with E-state index in [1.807, 2.05) is 19.1 Å². The zero-order valence-electron chi connectivity index (χ0n) is 13.0. The Bertz CT molecular complexity index is 743. The number of nitrogens with zero attached hydrogens (tertiary/aromatic N) is 1. The summed E-state index contributed by atoms with van der Waals surface area (Å²) in [6.45, 7) is 3.36. The summed E-state index contributed by atoms with van der Waals surface area (Å²) in [5.41, 5.74) is 2.70. The van der Waals surface area contributed by atoms with Crippen LogP contribution in [0.15, 0.2) is 48.5 Å². The van der Waals surface area contributed by atoms with Gasteiger partial charge in [-0.15, -0.1) is 0 Å². The number of amides is 2. The van der Waals surface area contributed by atoms with E-state index in [0.717, 1.165) is 5.56 Å². The number of anilines is 1. The number of Topliss-reactive ketones (excluding diaryl/α,β-unsaturated/α-hetero) is 1. The van der Waals surface area contributed by atoms with Crippen LogP contribution in [0.2, 0.25) is 0 Å². The molecule has 0 aliphatic heterocycles. The molecule has 1 atom stereocenters. The first-order chi connectivity index (χ1) is 11.0. The van der Waals surface area contributed by atoms with Crippen LogP contribution in [-0.4, -0.2) is 11.8 Å². The number of urea groups is 1. The van der Waals surface area contributed by atoms with Crippen LogP contribution >= 0.6 is 0 Å². The highest BCUT2D eigenvalue weighted by Gasteiger charge is 2.10. The van der Waals surface area contributed by atoms with E-state index >= 15 is 0 Å². The van der Waals surface area contributed by atoms with E-state index in [1.54, 1.807) is 36.4 Å². The maximum absolute atomic E-state index is 12.0. The number of carbonyl (C=O) groups excluding carboxylic acids is 2. The number of carbonyl (C=O) groups is 2. The minimum Gasteiger partial charge on any atom is -0.331 e. The van der Waals surface area contributed by atoms with Gasteiger partial charge < -0.3 is 10.6 Å². The predicted molar refractivity (Wildman–Crippen MR) is 88.2 cm³/mol. The molecule has 0 fully saturated rings. The molecule has 0 aromatic heterocycles. The highest BCUT2D eigenvalue weighted by atomic mass is 16.2. The molecule has 5 heteroatoms. The van der Waals surface area contributed by atoms with Crippen molar-refractivity contribution in [2.45, 2.75) is 19.9 Å². The number of nitriles is 1. The lowest BCUT2D eigenvalue weighted by molar-refractivity contribution is 0.101. The second kappa shape index (κ2) is 7.23. The quantitative estimate of drug-likeness (QED) is 0.846. The number of ketones is 1. The minimum atomic E-state index is -0.336. The fourth-order valence-electron chi connectivity index (χ4n) is 2.08. The molecule has 23 heavy (non-hydrogen) atoms. The van der Waals surface area contributed by atoms with E-state index in [9.17, 15) is 9.59 Å². The molecule has 0 saturated heterocycles. The van der Waals surface area contributed by atoms with E-state index in [-0.39, 0.29) is 17.9 Å². The van der Waals surface area contributed by atoms with Gasteiger partial charge in [-0.1, -0.05) is 12.1 Å². The van der Waals surface area contributed by atoms with Crippen molar-refractivity contribution in [1.82, 2.24) is 5.32 Å². The Kier molecular flexibility index (Phi) is 5.11. The third-order valence-electron chi connectivity index (χ3n) is 3.44. The van der Waals surface area contributed by atoms with E-state index in [4.69, 9.17) is 5.26 Å². The van der Waals surface area contributed by atoms with Gasteiger partial charge in [0.1, 0.15) is 0 Å². The molecule has 116 valence electrons. The molecular weight excluding hydrogens is 290 g/mol. The summed E-state index contributed by atoms with van der Waals surface area (Å²) in [7, 11) is 0. The molecule has 0 radical (unpaired) electrons. The van der Waals surface area contributed by atoms with Gasteiger partial charge in [0, 0.05) is 11.3 Å².